The van der Waals surface area contributed by atoms with Crippen molar-refractivity contribution in [2.45, 2.75) is 64.5 Å². The number of aliphatic hydroxyl groups excluding tert-OH is 1. The molecule has 0 aromatic carbocycles. The minimum absolute atomic E-state index is 0.447. The van der Waals surface area contributed by atoms with Crippen LogP contribution in [0.5, 0.6) is 0 Å². The lowest BCUT2D eigenvalue weighted by Crippen LogP contribution is -2.32. The predicted molar refractivity (Wildman–Crippen MR) is 78.8 cm³/mol. The van der Waals surface area contributed by atoms with Crippen molar-refractivity contribution in [3.8, 4) is 0 Å². The Kier molecular flexibility index (Phi) is 8.43. The van der Waals surface area contributed by atoms with Crippen LogP contribution in [-0.2, 0) is 4.79 Å². The van der Waals surface area contributed by atoms with Crippen LogP contribution in [0.3, 0.4) is 0 Å². The lowest BCUT2D eigenvalue weighted by molar-refractivity contribution is -0.105. The number of unbranched alkanes of at least 4 members (excludes halogenated alkanes) is 1. The third kappa shape index (κ3) is 6.69. The molecule has 0 amide bonds. The van der Waals surface area contributed by atoms with E-state index in [1.807, 2.05) is 6.08 Å². The van der Waals surface area contributed by atoms with E-state index in [0.29, 0.717) is 5.57 Å². The lowest BCUT2D eigenvalue weighted by Gasteiger charge is -2.14. The van der Waals surface area contributed by atoms with Crippen LogP contribution in [0.25, 0.3) is 0 Å². The van der Waals surface area contributed by atoms with E-state index in [2.05, 4.69) is 18.3 Å². The largest absolute Gasteiger partial charge is 0.374 e. The van der Waals surface area contributed by atoms with Crippen LogP contribution in [0.15, 0.2) is 23.3 Å². The van der Waals surface area contributed by atoms with Gasteiger partial charge in [0.25, 0.3) is 0 Å². The predicted octanol–water partition coefficient (Wildman–Crippen LogP) is 3.10. The number of aliphatic hydroxyl groups is 1. The number of carbonyl (C=O) groups excluding carboxylic acids is 1. The van der Waals surface area contributed by atoms with Crippen LogP contribution >= 0.6 is 0 Å². The summed E-state index contributed by atoms with van der Waals surface area (Å²) in [6, 6.07) is 0. The summed E-state index contributed by atoms with van der Waals surface area (Å²) in [5.41, 5.74) is 1.64. The lowest BCUT2D eigenvalue weighted by atomic mass is 9.98. The van der Waals surface area contributed by atoms with E-state index in [-0.39, 0.29) is 0 Å². The van der Waals surface area contributed by atoms with Gasteiger partial charge in [0.15, 0.2) is 0 Å². The first-order valence-electron chi connectivity index (χ1n) is 7.55. The average molecular weight is 265 g/mol. The molecule has 0 heterocycles. The molecule has 0 spiro atoms. The van der Waals surface area contributed by atoms with E-state index in [4.69, 9.17) is 0 Å². The molecule has 0 aromatic heterocycles. The van der Waals surface area contributed by atoms with Crippen LogP contribution in [0, 0.1) is 0 Å². The van der Waals surface area contributed by atoms with E-state index in [1.165, 1.54) is 31.3 Å². The Morgan fingerprint density at radius 2 is 2.21 bits per heavy atom. The third-order valence-corrected chi connectivity index (χ3v) is 3.50. The number of aldehydes is 1. The van der Waals surface area contributed by atoms with Gasteiger partial charge in [-0.2, -0.15) is 0 Å². The molecule has 1 aliphatic carbocycles. The highest BCUT2D eigenvalue weighted by atomic mass is 16.3. The molecule has 0 saturated heterocycles. The highest BCUT2D eigenvalue weighted by Gasteiger charge is 2.10. The molecular formula is C16H27NO2. The number of hydrogen-bond acceptors (Lipinski definition) is 3. The Morgan fingerprint density at radius 1 is 1.42 bits per heavy atom. The van der Waals surface area contributed by atoms with Crippen molar-refractivity contribution in [1.29, 1.82) is 0 Å². The van der Waals surface area contributed by atoms with Gasteiger partial charge in [-0.05, 0) is 44.7 Å². The number of rotatable bonds is 7. The van der Waals surface area contributed by atoms with E-state index in [9.17, 15) is 9.90 Å². The Bertz CT molecular complexity index is 321. The van der Waals surface area contributed by atoms with Gasteiger partial charge in [-0.1, -0.05) is 37.8 Å². The first-order valence-corrected chi connectivity index (χ1v) is 7.55. The summed E-state index contributed by atoms with van der Waals surface area (Å²) in [7, 11) is 0. The quantitative estimate of drug-likeness (QED) is 0.322. The highest BCUT2D eigenvalue weighted by Crippen LogP contribution is 2.19. The van der Waals surface area contributed by atoms with E-state index in [0.717, 1.165) is 38.5 Å². The van der Waals surface area contributed by atoms with Gasteiger partial charge in [0.2, 0.25) is 0 Å². The summed E-state index contributed by atoms with van der Waals surface area (Å²) in [6.45, 7) is 2.84. The molecule has 1 aliphatic rings. The highest BCUT2D eigenvalue weighted by molar-refractivity contribution is 5.75. The van der Waals surface area contributed by atoms with Crippen LogP contribution in [0.2, 0.25) is 0 Å². The summed E-state index contributed by atoms with van der Waals surface area (Å²) >= 11 is 0. The Morgan fingerprint density at radius 3 is 2.95 bits per heavy atom. The fourth-order valence-electron chi connectivity index (χ4n) is 2.27. The first-order chi connectivity index (χ1) is 9.27. The minimum Gasteiger partial charge on any atom is -0.374 e. The topological polar surface area (TPSA) is 49.3 Å². The zero-order valence-electron chi connectivity index (χ0n) is 12.0. The van der Waals surface area contributed by atoms with Gasteiger partial charge in [-0.15, -0.1) is 0 Å². The van der Waals surface area contributed by atoms with Crippen LogP contribution in [0.4, 0.5) is 0 Å². The van der Waals surface area contributed by atoms with Gasteiger partial charge in [-0.3, -0.25) is 10.1 Å². The number of carbonyl (C=O) groups is 1. The summed E-state index contributed by atoms with van der Waals surface area (Å²) in [6.07, 6.45) is 13.1. The SMILES string of the molecule is CCCCNC(O)/C(C=O)=C\C1=C\CCCCCC1. The fraction of sp³-hybridized carbons (Fsp3) is 0.688. The summed E-state index contributed by atoms with van der Waals surface area (Å²) in [5, 5.41) is 12.9. The maximum atomic E-state index is 11.1. The molecular weight excluding hydrogens is 238 g/mol. The second-order valence-electron chi connectivity index (χ2n) is 5.20. The van der Waals surface area contributed by atoms with Crippen molar-refractivity contribution in [3.05, 3.63) is 23.3 Å². The average Bonchev–Trinajstić information content (AvgIpc) is 2.37. The van der Waals surface area contributed by atoms with Crippen molar-refractivity contribution < 1.29 is 9.90 Å². The van der Waals surface area contributed by atoms with Crippen LogP contribution < -0.4 is 5.32 Å². The maximum absolute atomic E-state index is 11.1. The zero-order chi connectivity index (χ0) is 13.9. The van der Waals surface area contributed by atoms with Gasteiger partial charge in [-0.25, -0.2) is 0 Å². The third-order valence-electron chi connectivity index (χ3n) is 3.50. The van der Waals surface area contributed by atoms with Crippen molar-refractivity contribution in [2.24, 2.45) is 0 Å². The van der Waals surface area contributed by atoms with E-state index < -0.39 is 6.23 Å². The molecule has 0 radical (unpaired) electrons. The Balaban J connectivity index is 2.59. The van der Waals surface area contributed by atoms with Gasteiger partial charge < -0.3 is 5.11 Å². The molecule has 0 fully saturated rings. The molecule has 0 aromatic rings. The minimum atomic E-state index is -0.838. The molecule has 3 heteroatoms. The fourth-order valence-corrected chi connectivity index (χ4v) is 2.27. The number of allylic oxidation sites excluding steroid dienone is 3. The summed E-state index contributed by atoms with van der Waals surface area (Å²) in [4.78, 5) is 11.1. The van der Waals surface area contributed by atoms with Crippen molar-refractivity contribution in [1.82, 2.24) is 5.32 Å². The van der Waals surface area contributed by atoms with Gasteiger partial charge in [0.1, 0.15) is 12.5 Å². The normalized spacial score (nSPS) is 22.0. The van der Waals surface area contributed by atoms with Crippen molar-refractivity contribution >= 4 is 6.29 Å². The second-order valence-corrected chi connectivity index (χ2v) is 5.20. The molecule has 3 nitrogen and oxygen atoms in total. The maximum Gasteiger partial charge on any atom is 0.150 e. The molecule has 0 aliphatic heterocycles. The summed E-state index contributed by atoms with van der Waals surface area (Å²) in [5.74, 6) is 0. The molecule has 108 valence electrons. The molecule has 1 atom stereocenters. The van der Waals surface area contributed by atoms with E-state index >= 15 is 0 Å². The molecule has 0 bridgehead atoms. The van der Waals surface area contributed by atoms with Gasteiger partial charge >= 0.3 is 0 Å². The Hall–Kier alpha value is -0.930. The molecule has 0 saturated carbocycles. The molecule has 19 heavy (non-hydrogen) atoms. The van der Waals surface area contributed by atoms with Crippen LogP contribution in [0.1, 0.15) is 58.3 Å². The Labute approximate surface area is 116 Å². The first kappa shape index (κ1) is 16.1. The standard InChI is InChI=1S/C16H27NO2/c1-2-3-11-17-16(19)15(13-18)12-14-9-7-5-4-6-8-10-14/h9,12-13,16-17,19H,2-8,10-11H2,1H3/b14-9+,15-12-. The molecule has 1 unspecified atom stereocenters. The van der Waals surface area contributed by atoms with E-state index in [1.54, 1.807) is 0 Å². The van der Waals surface area contributed by atoms with Crippen molar-refractivity contribution in [2.75, 3.05) is 6.54 Å². The van der Waals surface area contributed by atoms with Crippen LogP contribution in [-0.4, -0.2) is 24.2 Å². The smallest absolute Gasteiger partial charge is 0.150 e. The second kappa shape index (κ2) is 9.93. The molecule has 1 rings (SSSR count). The summed E-state index contributed by atoms with van der Waals surface area (Å²) < 4.78 is 0. The number of nitrogens with one attached hydrogen (secondary N) is 1. The van der Waals surface area contributed by atoms with Gasteiger partial charge in [0.05, 0.1) is 0 Å². The van der Waals surface area contributed by atoms with Crippen molar-refractivity contribution in [3.63, 3.8) is 0 Å². The number of hydrogen-bond donors (Lipinski definition) is 2. The molecule has 2 N–H and O–H groups in total. The van der Waals surface area contributed by atoms with Gasteiger partial charge in [0, 0.05) is 5.57 Å². The zero-order valence-corrected chi connectivity index (χ0v) is 12.0. The monoisotopic (exact) mass is 265 g/mol.